The molecule has 0 fully saturated rings. The molecule has 28 heavy (non-hydrogen) atoms. The number of carbonyl (C=O) groups is 2. The van der Waals surface area contributed by atoms with E-state index in [2.05, 4.69) is 4.98 Å². The number of para-hydroxylation sites is 1. The van der Waals surface area contributed by atoms with Gasteiger partial charge in [-0.05, 0) is 47.4 Å². The van der Waals surface area contributed by atoms with Crippen molar-refractivity contribution in [3.63, 3.8) is 0 Å². The number of carbonyl (C=O) groups excluding carboxylic acids is 2. The summed E-state index contributed by atoms with van der Waals surface area (Å²) < 4.78 is 5.49. The Bertz CT molecular complexity index is 977. The average Bonchev–Trinajstić information content (AvgIpc) is 2.70. The number of pyridine rings is 1. The van der Waals surface area contributed by atoms with Crippen molar-refractivity contribution in [3.05, 3.63) is 52.1 Å². The molecule has 2 aliphatic rings. The molecule has 2 amide bonds. The van der Waals surface area contributed by atoms with E-state index in [-0.39, 0.29) is 24.0 Å². The lowest BCUT2D eigenvalue weighted by molar-refractivity contribution is -0.389. The Balaban J connectivity index is 1.66. The first-order valence-corrected chi connectivity index (χ1v) is 8.97. The molecular formula is C19H18N4O5. The first-order chi connectivity index (χ1) is 13.5. The molecular weight excluding hydrogens is 364 g/mol. The lowest BCUT2D eigenvalue weighted by Crippen LogP contribution is -2.50. The van der Waals surface area contributed by atoms with Crippen molar-refractivity contribution in [2.24, 2.45) is 0 Å². The van der Waals surface area contributed by atoms with Crippen LogP contribution in [0.4, 0.5) is 17.3 Å². The van der Waals surface area contributed by atoms with Crippen molar-refractivity contribution in [1.82, 2.24) is 4.98 Å². The number of benzene rings is 1. The van der Waals surface area contributed by atoms with Crippen LogP contribution in [0, 0.1) is 10.1 Å². The summed E-state index contributed by atoms with van der Waals surface area (Å²) in [5, 5.41) is 11.1. The Hall–Kier alpha value is -3.49. The van der Waals surface area contributed by atoms with Crippen LogP contribution in [0.1, 0.15) is 18.9 Å². The number of rotatable bonds is 3. The van der Waals surface area contributed by atoms with Gasteiger partial charge in [-0.3, -0.25) is 14.5 Å². The van der Waals surface area contributed by atoms with Crippen molar-refractivity contribution in [1.29, 1.82) is 0 Å². The van der Waals surface area contributed by atoms with Gasteiger partial charge in [-0.15, -0.1) is 0 Å². The van der Waals surface area contributed by atoms with E-state index in [0.717, 1.165) is 24.1 Å². The Morgan fingerprint density at radius 1 is 1.32 bits per heavy atom. The second-order valence-electron chi connectivity index (χ2n) is 6.71. The molecule has 0 saturated heterocycles. The van der Waals surface area contributed by atoms with E-state index in [9.17, 15) is 19.7 Å². The van der Waals surface area contributed by atoms with Crippen molar-refractivity contribution in [3.8, 4) is 5.75 Å². The van der Waals surface area contributed by atoms with Gasteiger partial charge < -0.3 is 19.8 Å². The fraction of sp³-hybridized carbons (Fsp3) is 0.316. The van der Waals surface area contributed by atoms with Crippen LogP contribution in [0.15, 0.2) is 36.4 Å². The van der Waals surface area contributed by atoms with Crippen LogP contribution in [0.2, 0.25) is 0 Å². The lowest BCUT2D eigenvalue weighted by Gasteiger charge is -2.33. The Labute approximate surface area is 160 Å². The topological polar surface area (TPSA) is 106 Å². The molecule has 2 aliphatic heterocycles. The van der Waals surface area contributed by atoms with Gasteiger partial charge in [0.05, 0.1) is 0 Å². The molecule has 0 radical (unpaired) electrons. The second kappa shape index (κ2) is 6.91. The quantitative estimate of drug-likeness (QED) is 0.594. The molecule has 3 heterocycles. The second-order valence-corrected chi connectivity index (χ2v) is 6.71. The molecule has 9 nitrogen and oxygen atoms in total. The molecule has 2 aromatic rings. The number of hydrogen-bond donors (Lipinski definition) is 0. The SMILES string of the molecule is CC1Oc2ccc([N+](=O)[O-])nc2N(CC(=O)N2CCCc3ccccc32)C1=O. The van der Waals surface area contributed by atoms with Gasteiger partial charge in [0.1, 0.15) is 6.54 Å². The summed E-state index contributed by atoms with van der Waals surface area (Å²) in [5.41, 5.74) is 1.91. The molecule has 144 valence electrons. The van der Waals surface area contributed by atoms with Crippen molar-refractivity contribution in [2.45, 2.75) is 25.9 Å². The highest BCUT2D eigenvalue weighted by Gasteiger charge is 2.39. The van der Waals surface area contributed by atoms with Gasteiger partial charge in [-0.25, -0.2) is 0 Å². The van der Waals surface area contributed by atoms with Crippen molar-refractivity contribution >= 4 is 29.1 Å². The van der Waals surface area contributed by atoms with Gasteiger partial charge >= 0.3 is 5.82 Å². The molecule has 0 aliphatic carbocycles. The summed E-state index contributed by atoms with van der Waals surface area (Å²) in [4.78, 5) is 42.9. The van der Waals surface area contributed by atoms with E-state index in [1.165, 1.54) is 17.0 Å². The van der Waals surface area contributed by atoms with Gasteiger partial charge in [-0.1, -0.05) is 18.2 Å². The standard InChI is InChI=1S/C19H18N4O5/c1-12-19(25)22(18-15(28-12)8-9-16(20-18)23(26)27)11-17(24)21-10-4-6-13-5-2-3-7-14(13)21/h2-3,5,7-9,12H,4,6,10-11H2,1H3. The van der Waals surface area contributed by atoms with E-state index in [0.29, 0.717) is 6.54 Å². The zero-order valence-electron chi connectivity index (χ0n) is 15.2. The summed E-state index contributed by atoms with van der Waals surface area (Å²) >= 11 is 0. The zero-order valence-corrected chi connectivity index (χ0v) is 15.2. The number of amides is 2. The summed E-state index contributed by atoms with van der Waals surface area (Å²) in [6.45, 7) is 1.86. The van der Waals surface area contributed by atoms with Gasteiger partial charge in [0, 0.05) is 18.3 Å². The molecule has 0 N–H and O–H groups in total. The smallest absolute Gasteiger partial charge is 0.366 e. The van der Waals surface area contributed by atoms with Crippen molar-refractivity contribution in [2.75, 3.05) is 22.9 Å². The number of nitro groups is 1. The normalized spacial score (nSPS) is 18.2. The van der Waals surface area contributed by atoms with E-state index in [1.807, 2.05) is 24.3 Å². The fourth-order valence-electron chi connectivity index (χ4n) is 3.54. The number of nitrogens with zero attached hydrogens (tertiary/aromatic N) is 4. The van der Waals surface area contributed by atoms with Gasteiger partial charge in [-0.2, -0.15) is 0 Å². The molecule has 1 atom stereocenters. The Morgan fingerprint density at radius 2 is 2.11 bits per heavy atom. The van der Waals surface area contributed by atoms with Crippen LogP contribution in [0.5, 0.6) is 5.75 Å². The number of anilines is 2. The summed E-state index contributed by atoms with van der Waals surface area (Å²) in [7, 11) is 0. The first-order valence-electron chi connectivity index (χ1n) is 8.97. The maximum Gasteiger partial charge on any atom is 0.366 e. The molecule has 1 unspecified atom stereocenters. The first kappa shape index (κ1) is 17.9. The predicted octanol–water partition coefficient (Wildman–Crippen LogP) is 2.08. The maximum atomic E-state index is 13.0. The van der Waals surface area contributed by atoms with E-state index in [1.54, 1.807) is 11.8 Å². The predicted molar refractivity (Wildman–Crippen MR) is 100 cm³/mol. The lowest BCUT2D eigenvalue weighted by atomic mass is 10.0. The molecule has 0 saturated carbocycles. The highest BCUT2D eigenvalue weighted by molar-refractivity contribution is 6.06. The minimum absolute atomic E-state index is 0.00376. The molecule has 1 aromatic carbocycles. The molecule has 0 spiro atoms. The third kappa shape index (κ3) is 3.04. The Kier molecular flexibility index (Phi) is 4.42. The zero-order chi connectivity index (χ0) is 19.8. The van der Waals surface area contributed by atoms with Crippen molar-refractivity contribution < 1.29 is 19.2 Å². The number of ether oxygens (including phenoxy) is 1. The maximum absolute atomic E-state index is 13.0. The summed E-state index contributed by atoms with van der Waals surface area (Å²) in [5.74, 6) is -0.904. The molecule has 0 bridgehead atoms. The third-order valence-electron chi connectivity index (χ3n) is 4.89. The third-order valence-corrected chi connectivity index (χ3v) is 4.89. The van der Waals surface area contributed by atoms with Crippen LogP contribution in [-0.2, 0) is 16.0 Å². The molecule has 9 heteroatoms. The fourth-order valence-corrected chi connectivity index (χ4v) is 3.54. The minimum atomic E-state index is -0.808. The van der Waals surface area contributed by atoms with E-state index >= 15 is 0 Å². The number of fused-ring (bicyclic) bond motifs is 2. The number of aryl methyl sites for hydroxylation is 1. The average molecular weight is 382 g/mol. The van der Waals surface area contributed by atoms with Crippen LogP contribution < -0.4 is 14.5 Å². The summed E-state index contributed by atoms with van der Waals surface area (Å²) in [6.07, 6.45) is 0.915. The molecule has 4 rings (SSSR count). The highest BCUT2D eigenvalue weighted by Crippen LogP contribution is 2.34. The molecule has 1 aromatic heterocycles. The number of hydrogen-bond acceptors (Lipinski definition) is 6. The monoisotopic (exact) mass is 382 g/mol. The van der Waals surface area contributed by atoms with E-state index in [4.69, 9.17) is 4.74 Å². The number of aromatic nitrogens is 1. The Morgan fingerprint density at radius 3 is 2.89 bits per heavy atom. The van der Waals surface area contributed by atoms with Crippen LogP contribution >= 0.6 is 0 Å². The van der Waals surface area contributed by atoms with Crippen LogP contribution in [0.25, 0.3) is 0 Å². The van der Waals surface area contributed by atoms with Gasteiger partial charge in [0.2, 0.25) is 5.91 Å². The summed E-state index contributed by atoms with van der Waals surface area (Å²) in [6, 6.07) is 10.3. The van der Waals surface area contributed by atoms with E-state index < -0.39 is 22.8 Å². The van der Waals surface area contributed by atoms with Crippen LogP contribution in [-0.4, -0.2) is 40.9 Å². The van der Waals surface area contributed by atoms with Gasteiger partial charge in [0.25, 0.3) is 11.7 Å². The highest BCUT2D eigenvalue weighted by atomic mass is 16.6. The largest absolute Gasteiger partial charge is 0.475 e. The van der Waals surface area contributed by atoms with Crippen LogP contribution in [0.3, 0.4) is 0 Å². The minimum Gasteiger partial charge on any atom is -0.475 e. The van der Waals surface area contributed by atoms with Gasteiger partial charge in [0.15, 0.2) is 11.9 Å².